The Hall–Kier alpha value is -7.17. The fourth-order valence-electron chi connectivity index (χ4n) is 7.76. The number of aromatic nitrogens is 4. The number of amides is 3. The number of piperidine rings is 1. The maximum Gasteiger partial charge on any atom is 0.270 e. The molecule has 58 heavy (non-hydrogen) atoms. The third-order valence-electron chi connectivity index (χ3n) is 10.8. The summed E-state index contributed by atoms with van der Waals surface area (Å²) in [6.45, 7) is 4.53. The summed E-state index contributed by atoms with van der Waals surface area (Å²) in [7, 11) is 1.80. The minimum atomic E-state index is -0.445. The van der Waals surface area contributed by atoms with Crippen molar-refractivity contribution < 1.29 is 23.5 Å². The van der Waals surface area contributed by atoms with Crippen LogP contribution >= 0.6 is 0 Å². The van der Waals surface area contributed by atoms with Crippen LogP contribution in [-0.4, -0.2) is 70.1 Å². The zero-order chi connectivity index (χ0) is 39.9. The van der Waals surface area contributed by atoms with Crippen molar-refractivity contribution in [3.8, 4) is 34.4 Å². The molecule has 2 fully saturated rings. The van der Waals surface area contributed by atoms with Gasteiger partial charge in [0.15, 0.2) is 5.76 Å². The molecule has 3 amide bonds. The number of carbonyl (C=O) groups is 3. The Morgan fingerprint density at radius 1 is 0.948 bits per heavy atom. The molecule has 1 atom stereocenters. The molecule has 0 aliphatic carbocycles. The van der Waals surface area contributed by atoms with Gasteiger partial charge >= 0.3 is 0 Å². The highest BCUT2D eigenvalue weighted by molar-refractivity contribution is 6.05. The first-order chi connectivity index (χ1) is 28.2. The van der Waals surface area contributed by atoms with Crippen LogP contribution in [0.15, 0.2) is 94.4 Å². The lowest BCUT2D eigenvalue weighted by Gasteiger charge is -2.29. The Kier molecular flexibility index (Phi) is 9.47. The number of morpholine rings is 1. The number of fused-ring (bicyclic) bond motifs is 3. The Morgan fingerprint density at radius 3 is 2.60 bits per heavy atom. The Balaban J connectivity index is 0.923. The van der Waals surface area contributed by atoms with Crippen LogP contribution in [0.4, 0.5) is 5.82 Å². The third-order valence-corrected chi connectivity index (χ3v) is 10.8. The molecule has 9 rings (SSSR count). The Morgan fingerprint density at radius 2 is 1.79 bits per heavy atom. The maximum atomic E-state index is 13.0. The number of ether oxygens (including phenoxy) is 1. The monoisotopic (exact) mass is 771 g/mol. The van der Waals surface area contributed by atoms with Gasteiger partial charge in [-0.25, -0.2) is 4.98 Å². The number of nitrogens with one attached hydrogen (secondary N) is 2. The second-order valence-electron chi connectivity index (χ2n) is 14.4. The van der Waals surface area contributed by atoms with Crippen LogP contribution in [0, 0.1) is 18.8 Å². The first kappa shape index (κ1) is 36.5. The Labute approximate surface area is 332 Å². The molecule has 2 aliphatic heterocycles. The molecule has 288 valence electrons. The molecular formula is C45H37N7O6. The van der Waals surface area contributed by atoms with Crippen LogP contribution in [0.2, 0.25) is 0 Å². The van der Waals surface area contributed by atoms with Crippen molar-refractivity contribution in [2.75, 3.05) is 37.7 Å². The number of carbonyl (C=O) groups excluding carboxylic acids is 3. The molecule has 7 heterocycles. The van der Waals surface area contributed by atoms with Gasteiger partial charge in [-0.2, -0.15) is 0 Å². The summed E-state index contributed by atoms with van der Waals surface area (Å²) >= 11 is 0. The molecule has 1 unspecified atom stereocenters. The number of imide groups is 1. The van der Waals surface area contributed by atoms with Crippen LogP contribution in [0.3, 0.4) is 0 Å². The summed E-state index contributed by atoms with van der Waals surface area (Å²) in [5.41, 5.74) is 6.12. The van der Waals surface area contributed by atoms with E-state index in [0.717, 1.165) is 55.3 Å². The van der Waals surface area contributed by atoms with Crippen LogP contribution in [0.5, 0.6) is 0 Å². The number of hydrogen-bond acceptors (Lipinski definition) is 10. The van der Waals surface area contributed by atoms with Crippen molar-refractivity contribution >= 4 is 56.2 Å². The topological polar surface area (TPSA) is 162 Å². The number of aryl methyl sites for hydroxylation is 2. The van der Waals surface area contributed by atoms with Crippen molar-refractivity contribution in [1.29, 1.82) is 0 Å². The SMILES string of the molecule is Cc1cc2c(-c3cccc4cc(-c5ccc(C(=O)NCC#Cc6cc7c(C8CCC(=O)NC8=O)cccc7o6)nc5)ncc34)nc(N3CCOCC3)cc2n(C)c1=O. The van der Waals surface area contributed by atoms with E-state index in [-0.39, 0.29) is 41.9 Å². The highest BCUT2D eigenvalue weighted by atomic mass is 16.5. The molecule has 0 bridgehead atoms. The van der Waals surface area contributed by atoms with Crippen LogP contribution in [-0.2, 0) is 21.4 Å². The fraction of sp³-hybridized carbons (Fsp3) is 0.222. The van der Waals surface area contributed by atoms with E-state index in [1.54, 1.807) is 36.0 Å². The van der Waals surface area contributed by atoms with E-state index in [1.807, 2.05) is 67.7 Å². The molecule has 2 aromatic carbocycles. The summed E-state index contributed by atoms with van der Waals surface area (Å²) in [5, 5.41) is 8.69. The van der Waals surface area contributed by atoms with Crippen LogP contribution in [0.25, 0.3) is 55.2 Å². The van der Waals surface area contributed by atoms with Crippen molar-refractivity contribution in [3.05, 3.63) is 118 Å². The summed E-state index contributed by atoms with van der Waals surface area (Å²) in [6, 6.07) is 22.7. The van der Waals surface area contributed by atoms with Crippen LogP contribution < -0.4 is 21.1 Å². The van der Waals surface area contributed by atoms with Gasteiger partial charge in [0.05, 0.1) is 42.6 Å². The molecule has 5 aromatic heterocycles. The van der Waals surface area contributed by atoms with E-state index in [4.69, 9.17) is 19.1 Å². The van der Waals surface area contributed by atoms with Gasteiger partial charge < -0.3 is 23.9 Å². The second-order valence-corrected chi connectivity index (χ2v) is 14.4. The summed E-state index contributed by atoms with van der Waals surface area (Å²) in [5.74, 6) is 5.65. The van der Waals surface area contributed by atoms with E-state index in [9.17, 15) is 19.2 Å². The summed E-state index contributed by atoms with van der Waals surface area (Å²) in [6.07, 6.45) is 4.17. The fourth-order valence-corrected chi connectivity index (χ4v) is 7.76. The zero-order valence-corrected chi connectivity index (χ0v) is 31.8. The molecule has 0 spiro atoms. The van der Waals surface area contributed by atoms with Crippen LogP contribution in [0.1, 0.15) is 46.1 Å². The number of nitrogens with zero attached hydrogens (tertiary/aromatic N) is 5. The highest BCUT2D eigenvalue weighted by Crippen LogP contribution is 2.36. The van der Waals surface area contributed by atoms with E-state index < -0.39 is 5.92 Å². The first-order valence-electron chi connectivity index (χ1n) is 19.0. The van der Waals surface area contributed by atoms with Gasteiger partial charge in [-0.3, -0.25) is 34.5 Å². The predicted octanol–water partition coefficient (Wildman–Crippen LogP) is 5.40. The molecule has 13 nitrogen and oxygen atoms in total. The van der Waals surface area contributed by atoms with E-state index in [2.05, 4.69) is 32.4 Å². The lowest BCUT2D eigenvalue weighted by Crippen LogP contribution is -2.39. The molecular weight excluding hydrogens is 735 g/mol. The maximum absolute atomic E-state index is 13.0. The number of pyridine rings is 4. The average molecular weight is 772 g/mol. The lowest BCUT2D eigenvalue weighted by atomic mass is 9.88. The van der Waals surface area contributed by atoms with Gasteiger partial charge in [-0.15, -0.1) is 0 Å². The predicted molar refractivity (Wildman–Crippen MR) is 219 cm³/mol. The molecule has 2 N–H and O–H groups in total. The number of anilines is 1. The van der Waals surface area contributed by atoms with E-state index in [1.165, 1.54) is 0 Å². The van der Waals surface area contributed by atoms with Crippen molar-refractivity contribution in [3.63, 3.8) is 0 Å². The largest absolute Gasteiger partial charge is 0.448 e. The molecule has 2 saturated heterocycles. The lowest BCUT2D eigenvalue weighted by molar-refractivity contribution is -0.134. The van der Waals surface area contributed by atoms with Crippen molar-refractivity contribution in [2.45, 2.75) is 25.7 Å². The highest BCUT2D eigenvalue weighted by Gasteiger charge is 2.29. The van der Waals surface area contributed by atoms with Gasteiger partial charge in [0.1, 0.15) is 17.1 Å². The third kappa shape index (κ3) is 6.84. The minimum absolute atomic E-state index is 0.0452. The Bertz CT molecular complexity index is 2930. The van der Waals surface area contributed by atoms with Crippen molar-refractivity contribution in [2.24, 2.45) is 7.05 Å². The minimum Gasteiger partial charge on any atom is -0.448 e. The first-order valence-corrected chi connectivity index (χ1v) is 19.0. The summed E-state index contributed by atoms with van der Waals surface area (Å²) in [4.78, 5) is 66.7. The van der Waals surface area contributed by atoms with Crippen molar-refractivity contribution in [1.82, 2.24) is 30.2 Å². The second kappa shape index (κ2) is 15.1. The molecule has 7 aromatic rings. The van der Waals surface area contributed by atoms with Gasteiger partial charge in [0.2, 0.25) is 11.8 Å². The van der Waals surface area contributed by atoms with E-state index >= 15 is 0 Å². The number of benzene rings is 2. The zero-order valence-electron chi connectivity index (χ0n) is 31.8. The van der Waals surface area contributed by atoms with Gasteiger partial charge in [0.25, 0.3) is 11.5 Å². The number of rotatable bonds is 6. The van der Waals surface area contributed by atoms with Gasteiger partial charge in [0, 0.05) is 83.9 Å². The quantitative estimate of drug-likeness (QED) is 0.165. The summed E-state index contributed by atoms with van der Waals surface area (Å²) < 4.78 is 13.2. The molecule has 0 saturated carbocycles. The standard InChI is InChI=1S/C45H37N7O6/c1-26-20-34-38(51(2)45(26)56)23-40(52-16-18-57-19-17-52)49-42(34)31-9-3-6-27-21-37(48-25-35(27)31)28-11-13-36(47-24-28)44(55)46-15-5-7-29-22-33-30(8-4-10-39(33)58-29)32-12-14-41(53)50-43(32)54/h3-4,6,8-11,13,20-25,32H,12,14-19H2,1-2H3,(H,46,55)(H,50,53,54). The molecule has 0 radical (unpaired) electrons. The number of hydrogen-bond donors (Lipinski definition) is 2. The van der Waals surface area contributed by atoms with E-state index in [0.29, 0.717) is 55.3 Å². The van der Waals surface area contributed by atoms with Gasteiger partial charge in [-0.1, -0.05) is 36.3 Å². The molecule has 2 aliphatic rings. The smallest absolute Gasteiger partial charge is 0.270 e. The number of furan rings is 1. The normalized spacial score (nSPS) is 15.7. The van der Waals surface area contributed by atoms with Gasteiger partial charge in [-0.05, 0) is 60.5 Å². The molecule has 13 heteroatoms. The average Bonchev–Trinajstić information content (AvgIpc) is 3.68.